The fourth-order valence-electron chi connectivity index (χ4n) is 7.17. The zero-order valence-electron chi connectivity index (χ0n) is 25.8. The molecule has 0 atom stereocenters. The van der Waals surface area contributed by atoms with Gasteiger partial charge in [-0.2, -0.15) is 0 Å². The third-order valence-corrected chi connectivity index (χ3v) is 9.41. The second-order valence-electron chi connectivity index (χ2n) is 12.2. The molecule has 0 spiro atoms. The van der Waals surface area contributed by atoms with Gasteiger partial charge in [-0.05, 0) is 59.3 Å². The number of hydrogen-bond acceptors (Lipinski definition) is 3. The van der Waals surface area contributed by atoms with Crippen molar-refractivity contribution in [2.45, 2.75) is 0 Å². The van der Waals surface area contributed by atoms with Gasteiger partial charge in [0.15, 0.2) is 11.4 Å². The topological polar surface area (TPSA) is 43.9 Å². The molecule has 0 unspecified atom stereocenters. The Morgan fingerprint density at radius 1 is 0.458 bits per heavy atom. The first kappa shape index (κ1) is 26.7. The molecule has 0 aliphatic heterocycles. The van der Waals surface area contributed by atoms with Crippen molar-refractivity contribution in [2.24, 2.45) is 0 Å². The van der Waals surface area contributed by atoms with Crippen LogP contribution in [0.1, 0.15) is 0 Å². The van der Waals surface area contributed by atoms with Crippen molar-refractivity contribution in [3.8, 4) is 39.6 Å². The lowest BCUT2D eigenvalue weighted by atomic mass is 10.0. The molecule has 0 bridgehead atoms. The third-order valence-electron chi connectivity index (χ3n) is 9.41. The normalized spacial score (nSPS) is 11.8. The lowest BCUT2D eigenvalue weighted by Crippen LogP contribution is -1.97. The smallest absolute Gasteiger partial charge is 0.160 e. The molecular weight excluding hydrogens is 587 g/mol. The van der Waals surface area contributed by atoms with Crippen LogP contribution < -0.4 is 0 Å². The minimum Gasteiger partial charge on any atom is -0.454 e. The fraction of sp³-hybridized carbons (Fsp3) is 0. The molecule has 0 saturated carbocycles. The molecule has 4 nitrogen and oxygen atoms in total. The van der Waals surface area contributed by atoms with Gasteiger partial charge in [0.05, 0.1) is 22.4 Å². The van der Waals surface area contributed by atoms with E-state index in [9.17, 15) is 0 Å². The lowest BCUT2D eigenvalue weighted by molar-refractivity contribution is 0.671. The zero-order valence-corrected chi connectivity index (χ0v) is 25.8. The van der Waals surface area contributed by atoms with E-state index in [4.69, 9.17) is 14.4 Å². The van der Waals surface area contributed by atoms with E-state index < -0.39 is 0 Å². The van der Waals surface area contributed by atoms with Crippen molar-refractivity contribution in [1.82, 2.24) is 14.5 Å². The van der Waals surface area contributed by atoms with E-state index in [0.29, 0.717) is 5.82 Å². The van der Waals surface area contributed by atoms with Gasteiger partial charge in [0.25, 0.3) is 0 Å². The second kappa shape index (κ2) is 10.5. The van der Waals surface area contributed by atoms with Gasteiger partial charge < -0.3 is 8.98 Å². The van der Waals surface area contributed by atoms with Crippen LogP contribution in [0.15, 0.2) is 168 Å². The van der Waals surface area contributed by atoms with E-state index in [-0.39, 0.29) is 0 Å². The van der Waals surface area contributed by atoms with E-state index in [1.807, 2.05) is 48.5 Å². The maximum Gasteiger partial charge on any atom is 0.160 e. The molecule has 0 amide bonds. The van der Waals surface area contributed by atoms with Crippen LogP contribution in [0, 0.1) is 0 Å². The summed E-state index contributed by atoms with van der Waals surface area (Å²) in [6, 6.07) is 57.1. The molecule has 7 aromatic carbocycles. The van der Waals surface area contributed by atoms with Crippen molar-refractivity contribution in [3.63, 3.8) is 0 Å². The minimum atomic E-state index is 0.689. The van der Waals surface area contributed by atoms with E-state index >= 15 is 0 Å². The molecule has 4 heteroatoms. The Bertz CT molecular complexity index is 2760. The molecule has 224 valence electrons. The monoisotopic (exact) mass is 613 g/mol. The highest BCUT2D eigenvalue weighted by Crippen LogP contribution is 2.42. The average molecular weight is 614 g/mol. The largest absolute Gasteiger partial charge is 0.454 e. The van der Waals surface area contributed by atoms with Crippen molar-refractivity contribution >= 4 is 54.5 Å². The number of fused-ring (bicyclic) bond motifs is 9. The predicted molar refractivity (Wildman–Crippen MR) is 197 cm³/mol. The summed E-state index contributed by atoms with van der Waals surface area (Å²) in [6.07, 6.45) is 0. The predicted octanol–water partition coefficient (Wildman–Crippen LogP) is 11.6. The lowest BCUT2D eigenvalue weighted by Gasteiger charge is -2.11. The molecule has 10 rings (SSSR count). The quantitative estimate of drug-likeness (QED) is 0.198. The first-order valence-corrected chi connectivity index (χ1v) is 16.2. The van der Waals surface area contributed by atoms with Crippen molar-refractivity contribution in [1.29, 1.82) is 0 Å². The maximum absolute atomic E-state index is 6.63. The van der Waals surface area contributed by atoms with Gasteiger partial charge in [-0.15, -0.1) is 0 Å². The summed E-state index contributed by atoms with van der Waals surface area (Å²) in [7, 11) is 0. The molecule has 0 radical (unpaired) electrons. The van der Waals surface area contributed by atoms with Gasteiger partial charge in [0.2, 0.25) is 0 Å². The number of aromatic nitrogens is 3. The molecule has 0 aliphatic rings. The molecule has 3 heterocycles. The van der Waals surface area contributed by atoms with Crippen molar-refractivity contribution < 1.29 is 4.42 Å². The van der Waals surface area contributed by atoms with Crippen LogP contribution in [-0.4, -0.2) is 14.5 Å². The first-order chi connectivity index (χ1) is 23.8. The van der Waals surface area contributed by atoms with E-state index in [2.05, 4.69) is 120 Å². The molecule has 0 fully saturated rings. The van der Waals surface area contributed by atoms with Gasteiger partial charge in [-0.1, -0.05) is 115 Å². The van der Waals surface area contributed by atoms with Crippen molar-refractivity contribution in [3.05, 3.63) is 164 Å². The van der Waals surface area contributed by atoms with Crippen LogP contribution in [0.5, 0.6) is 0 Å². The Morgan fingerprint density at radius 2 is 1.08 bits per heavy atom. The second-order valence-corrected chi connectivity index (χ2v) is 12.2. The number of para-hydroxylation sites is 1. The van der Waals surface area contributed by atoms with E-state index in [1.165, 1.54) is 21.5 Å². The van der Waals surface area contributed by atoms with Crippen LogP contribution >= 0.6 is 0 Å². The Balaban J connectivity index is 1.20. The molecule has 0 saturated heterocycles. The molecule has 48 heavy (non-hydrogen) atoms. The van der Waals surface area contributed by atoms with E-state index in [0.717, 1.165) is 66.7 Å². The van der Waals surface area contributed by atoms with Crippen LogP contribution in [0.2, 0.25) is 0 Å². The first-order valence-electron chi connectivity index (χ1n) is 16.2. The number of rotatable bonds is 4. The minimum absolute atomic E-state index is 0.689. The van der Waals surface area contributed by atoms with Gasteiger partial charge >= 0.3 is 0 Å². The maximum atomic E-state index is 6.63. The van der Waals surface area contributed by atoms with Crippen LogP contribution in [0.25, 0.3) is 94.1 Å². The molecule has 3 aromatic heterocycles. The average Bonchev–Trinajstić information content (AvgIpc) is 3.72. The summed E-state index contributed by atoms with van der Waals surface area (Å²) in [5, 5.41) is 7.07. The summed E-state index contributed by atoms with van der Waals surface area (Å²) >= 11 is 0. The highest BCUT2D eigenvalue weighted by Gasteiger charge is 2.20. The SMILES string of the molecule is c1ccc(-c2cc(-c3ccccc3)nc(-c3ccc(-n4c5ccc6ccccc6c5c5ccc6c7ccccc7oc6c54)cc3)n2)cc1. The van der Waals surface area contributed by atoms with Gasteiger partial charge in [0, 0.05) is 43.9 Å². The molecule has 10 aromatic rings. The van der Waals surface area contributed by atoms with Gasteiger partial charge in [-0.25, -0.2) is 9.97 Å². The summed E-state index contributed by atoms with van der Waals surface area (Å²) in [5.41, 5.74) is 9.89. The molecular formula is C44H27N3O. The van der Waals surface area contributed by atoms with Crippen LogP contribution in [0.4, 0.5) is 0 Å². The summed E-state index contributed by atoms with van der Waals surface area (Å²) in [6.45, 7) is 0. The van der Waals surface area contributed by atoms with Gasteiger partial charge in [0.1, 0.15) is 5.58 Å². The zero-order chi connectivity index (χ0) is 31.6. The molecule has 0 N–H and O–H groups in total. The number of benzene rings is 7. The fourth-order valence-corrected chi connectivity index (χ4v) is 7.17. The Labute approximate surface area is 276 Å². The summed E-state index contributed by atoms with van der Waals surface area (Å²) in [5.74, 6) is 0.689. The van der Waals surface area contributed by atoms with Crippen LogP contribution in [0.3, 0.4) is 0 Å². The summed E-state index contributed by atoms with van der Waals surface area (Å²) < 4.78 is 8.98. The van der Waals surface area contributed by atoms with E-state index in [1.54, 1.807) is 0 Å². The standard InChI is InChI=1S/C44H27N3O/c1-3-12-29(13-4-1)37-27-38(30-14-5-2-6-15-30)46-44(45-37)31-19-22-32(23-20-31)47-39-26-21-28-11-7-8-16-33(28)41(39)36-25-24-35-34-17-9-10-18-40(34)48-43(35)42(36)47/h1-27H. The Kier molecular flexibility index (Phi) is 5.84. The highest BCUT2D eigenvalue weighted by molar-refractivity contribution is 6.27. The highest BCUT2D eigenvalue weighted by atomic mass is 16.3. The van der Waals surface area contributed by atoms with Crippen molar-refractivity contribution in [2.75, 3.05) is 0 Å². The number of hydrogen-bond donors (Lipinski definition) is 0. The Hall–Kier alpha value is -6.52. The number of nitrogens with zero attached hydrogens (tertiary/aromatic N) is 3. The van der Waals surface area contributed by atoms with Gasteiger partial charge in [-0.3, -0.25) is 0 Å². The third kappa shape index (κ3) is 4.10. The van der Waals surface area contributed by atoms with Crippen LogP contribution in [-0.2, 0) is 0 Å². The number of furan rings is 1. The summed E-state index contributed by atoms with van der Waals surface area (Å²) in [4.78, 5) is 10.1. The Morgan fingerprint density at radius 3 is 1.81 bits per heavy atom. The molecule has 0 aliphatic carbocycles.